The van der Waals surface area contributed by atoms with Crippen molar-refractivity contribution in [3.05, 3.63) is 59.4 Å². The van der Waals surface area contributed by atoms with Crippen molar-refractivity contribution in [3.63, 3.8) is 0 Å². The molecule has 0 bridgehead atoms. The van der Waals surface area contributed by atoms with Crippen molar-refractivity contribution in [3.8, 4) is 0 Å². The van der Waals surface area contributed by atoms with Crippen molar-refractivity contribution in [1.29, 1.82) is 0 Å². The van der Waals surface area contributed by atoms with Crippen LogP contribution in [-0.4, -0.2) is 9.38 Å². The second kappa shape index (κ2) is 3.40. The Kier molecular flexibility index (Phi) is 1.77. The predicted molar refractivity (Wildman–Crippen MR) is 82.3 cm³/mol. The number of imidazole rings is 1. The summed E-state index contributed by atoms with van der Waals surface area (Å²) in [6, 6.07) is 13.3. The monoisotopic (exact) mass is 258 g/mol. The first kappa shape index (κ1) is 10.4. The van der Waals surface area contributed by atoms with Crippen molar-refractivity contribution in [1.82, 2.24) is 9.38 Å². The standard InChI is InChI=1S/C18H14N2/c1-11-8-12-6-7-13-10-19-18-15-5-3-2-4-14(15)16(9-11)17(12)20(13)18/h2-5,8-10H,6-7H2,1H3. The first-order valence-corrected chi connectivity index (χ1v) is 7.13. The van der Waals surface area contributed by atoms with Crippen LogP contribution in [0.15, 0.2) is 42.6 Å². The van der Waals surface area contributed by atoms with Crippen LogP contribution in [0.4, 0.5) is 0 Å². The Morgan fingerprint density at radius 2 is 1.85 bits per heavy atom. The van der Waals surface area contributed by atoms with Gasteiger partial charge in [0.05, 0.1) is 5.52 Å². The van der Waals surface area contributed by atoms with Gasteiger partial charge in [0.2, 0.25) is 0 Å². The van der Waals surface area contributed by atoms with Gasteiger partial charge in [-0.1, -0.05) is 35.9 Å². The third-order valence-corrected chi connectivity index (χ3v) is 4.50. The third kappa shape index (κ3) is 1.12. The fraction of sp³-hybridized carbons (Fsp3) is 0.167. The Hall–Kier alpha value is -2.35. The molecule has 5 rings (SSSR count). The normalized spacial score (nSPS) is 13.8. The average Bonchev–Trinajstić information content (AvgIpc) is 2.90. The maximum Gasteiger partial charge on any atom is 0.145 e. The number of nitrogens with zero attached hydrogens (tertiary/aromatic N) is 2. The highest BCUT2D eigenvalue weighted by Gasteiger charge is 2.19. The summed E-state index contributed by atoms with van der Waals surface area (Å²) in [4.78, 5) is 4.69. The highest BCUT2D eigenvalue weighted by molar-refractivity contribution is 6.12. The molecule has 0 spiro atoms. The number of pyridine rings is 1. The van der Waals surface area contributed by atoms with Gasteiger partial charge in [0, 0.05) is 22.7 Å². The smallest absolute Gasteiger partial charge is 0.145 e. The minimum atomic E-state index is 1.09. The second-order valence-corrected chi connectivity index (χ2v) is 5.77. The van der Waals surface area contributed by atoms with Crippen LogP contribution in [0.3, 0.4) is 0 Å². The molecule has 0 atom stereocenters. The van der Waals surface area contributed by atoms with E-state index in [4.69, 9.17) is 0 Å². The summed E-state index contributed by atoms with van der Waals surface area (Å²) in [5.41, 5.74) is 6.62. The molecule has 20 heavy (non-hydrogen) atoms. The van der Waals surface area contributed by atoms with E-state index < -0.39 is 0 Å². The molecule has 0 fully saturated rings. The van der Waals surface area contributed by atoms with Crippen LogP contribution in [0.2, 0.25) is 0 Å². The molecule has 0 aliphatic carbocycles. The van der Waals surface area contributed by atoms with Gasteiger partial charge in [-0.15, -0.1) is 0 Å². The largest absolute Gasteiger partial charge is 0.296 e. The molecule has 4 aromatic rings. The van der Waals surface area contributed by atoms with Gasteiger partial charge in [0.25, 0.3) is 0 Å². The van der Waals surface area contributed by atoms with Gasteiger partial charge in [0.15, 0.2) is 0 Å². The molecule has 3 heterocycles. The zero-order valence-electron chi connectivity index (χ0n) is 11.4. The van der Waals surface area contributed by atoms with Crippen molar-refractivity contribution in [2.45, 2.75) is 19.8 Å². The van der Waals surface area contributed by atoms with E-state index in [1.165, 1.54) is 38.5 Å². The van der Waals surface area contributed by atoms with Crippen molar-refractivity contribution >= 4 is 27.3 Å². The van der Waals surface area contributed by atoms with E-state index in [9.17, 15) is 0 Å². The summed E-state index contributed by atoms with van der Waals surface area (Å²) >= 11 is 0. The molecule has 0 saturated heterocycles. The van der Waals surface area contributed by atoms with Crippen LogP contribution >= 0.6 is 0 Å². The number of hydrogen-bond acceptors (Lipinski definition) is 1. The van der Waals surface area contributed by atoms with Gasteiger partial charge in [-0.05, 0) is 36.8 Å². The summed E-state index contributed by atoms with van der Waals surface area (Å²) in [5.74, 6) is 0. The molecule has 0 saturated carbocycles. The topological polar surface area (TPSA) is 17.3 Å². The summed E-state index contributed by atoms with van der Waals surface area (Å²) in [7, 11) is 0. The zero-order chi connectivity index (χ0) is 13.3. The van der Waals surface area contributed by atoms with E-state index in [2.05, 4.69) is 52.7 Å². The number of aromatic nitrogens is 2. The predicted octanol–water partition coefficient (Wildman–Crippen LogP) is 4.05. The van der Waals surface area contributed by atoms with Crippen LogP contribution < -0.4 is 0 Å². The number of benzene rings is 2. The van der Waals surface area contributed by atoms with Crippen LogP contribution in [0.1, 0.15) is 16.8 Å². The fourth-order valence-corrected chi connectivity index (χ4v) is 3.69. The molecule has 2 nitrogen and oxygen atoms in total. The van der Waals surface area contributed by atoms with Crippen molar-refractivity contribution < 1.29 is 0 Å². The van der Waals surface area contributed by atoms with Gasteiger partial charge in [-0.2, -0.15) is 0 Å². The van der Waals surface area contributed by atoms with Gasteiger partial charge >= 0.3 is 0 Å². The van der Waals surface area contributed by atoms with Gasteiger partial charge in [-0.25, -0.2) is 4.98 Å². The Bertz CT molecular complexity index is 1010. The average molecular weight is 258 g/mol. The molecule has 0 N–H and O–H groups in total. The lowest BCUT2D eigenvalue weighted by molar-refractivity contribution is 0.875. The number of rotatable bonds is 0. The molecule has 0 amide bonds. The molecule has 1 aliphatic rings. The molecule has 0 radical (unpaired) electrons. The molecule has 0 unspecified atom stereocenters. The van der Waals surface area contributed by atoms with E-state index in [0.29, 0.717) is 0 Å². The SMILES string of the molecule is Cc1cc2c3c(c1)c1ccccc1c1ncc(n13)CC2. The maximum atomic E-state index is 4.69. The number of aryl methyl sites for hydroxylation is 3. The highest BCUT2D eigenvalue weighted by Crippen LogP contribution is 2.35. The zero-order valence-corrected chi connectivity index (χ0v) is 11.4. The van der Waals surface area contributed by atoms with E-state index in [0.717, 1.165) is 18.5 Å². The lowest BCUT2D eigenvalue weighted by Crippen LogP contribution is -2.07. The van der Waals surface area contributed by atoms with Gasteiger partial charge < -0.3 is 0 Å². The summed E-state index contributed by atoms with van der Waals surface area (Å²) in [6.45, 7) is 2.19. The second-order valence-electron chi connectivity index (χ2n) is 5.77. The lowest BCUT2D eigenvalue weighted by Gasteiger charge is -2.19. The molecule has 2 aromatic carbocycles. The van der Waals surface area contributed by atoms with E-state index in [-0.39, 0.29) is 0 Å². The molecular weight excluding hydrogens is 244 g/mol. The van der Waals surface area contributed by atoms with E-state index >= 15 is 0 Å². The minimum absolute atomic E-state index is 1.09. The molecular formula is C18H14N2. The van der Waals surface area contributed by atoms with Crippen LogP contribution in [0.25, 0.3) is 27.3 Å². The van der Waals surface area contributed by atoms with Gasteiger partial charge in [0.1, 0.15) is 5.65 Å². The van der Waals surface area contributed by atoms with Crippen molar-refractivity contribution in [2.24, 2.45) is 0 Å². The Morgan fingerprint density at radius 3 is 2.75 bits per heavy atom. The lowest BCUT2D eigenvalue weighted by atomic mass is 9.95. The van der Waals surface area contributed by atoms with Crippen LogP contribution in [0.5, 0.6) is 0 Å². The number of fused-ring (bicyclic) bond motifs is 3. The molecule has 2 aromatic heterocycles. The van der Waals surface area contributed by atoms with Gasteiger partial charge in [-0.3, -0.25) is 4.40 Å². The maximum absolute atomic E-state index is 4.69. The quantitative estimate of drug-likeness (QED) is 0.435. The number of hydrogen-bond donors (Lipinski definition) is 0. The summed E-state index contributed by atoms with van der Waals surface area (Å²) in [6.07, 6.45) is 4.26. The Morgan fingerprint density at radius 1 is 1.00 bits per heavy atom. The van der Waals surface area contributed by atoms with Crippen molar-refractivity contribution in [2.75, 3.05) is 0 Å². The fourth-order valence-electron chi connectivity index (χ4n) is 3.69. The first-order chi connectivity index (χ1) is 9.83. The van der Waals surface area contributed by atoms with Crippen LogP contribution in [0, 0.1) is 6.92 Å². The Balaban J connectivity index is 2.25. The van der Waals surface area contributed by atoms with Crippen LogP contribution in [-0.2, 0) is 12.8 Å². The summed E-state index contributed by atoms with van der Waals surface area (Å²) in [5, 5.41) is 3.94. The third-order valence-electron chi connectivity index (χ3n) is 4.50. The Labute approximate surface area is 116 Å². The van der Waals surface area contributed by atoms with E-state index in [1.54, 1.807) is 0 Å². The first-order valence-electron chi connectivity index (χ1n) is 7.13. The minimum Gasteiger partial charge on any atom is -0.296 e. The highest BCUT2D eigenvalue weighted by atomic mass is 15.0. The van der Waals surface area contributed by atoms with E-state index in [1.807, 2.05) is 6.20 Å². The molecule has 96 valence electrons. The molecule has 1 aliphatic heterocycles. The summed E-state index contributed by atoms with van der Waals surface area (Å²) < 4.78 is 2.37. The molecule has 2 heteroatoms.